The smallest absolute Gasteiger partial charge is 0.0891 e. The van der Waals surface area contributed by atoms with Crippen molar-refractivity contribution in [3.8, 4) is 0 Å². The van der Waals surface area contributed by atoms with E-state index < -0.39 is 0 Å². The van der Waals surface area contributed by atoms with Gasteiger partial charge in [0.25, 0.3) is 0 Å². The molecule has 22 heavy (non-hydrogen) atoms. The summed E-state index contributed by atoms with van der Waals surface area (Å²) in [7, 11) is 0. The molecule has 0 unspecified atom stereocenters. The number of aryl methyl sites for hydroxylation is 1. The van der Waals surface area contributed by atoms with Gasteiger partial charge in [0.1, 0.15) is 0 Å². The highest BCUT2D eigenvalue weighted by molar-refractivity contribution is 9.25. The number of hydrogen-bond donors (Lipinski definition) is 0. The first-order valence-corrected chi connectivity index (χ1v) is 9.30. The van der Waals surface area contributed by atoms with Crippen molar-refractivity contribution in [2.24, 2.45) is 11.8 Å². The Morgan fingerprint density at radius 3 is 2.05 bits per heavy atom. The number of ether oxygens (including phenoxy) is 1. The van der Waals surface area contributed by atoms with Crippen molar-refractivity contribution in [2.45, 2.75) is 22.7 Å². The van der Waals surface area contributed by atoms with Gasteiger partial charge in [0.2, 0.25) is 0 Å². The molecule has 0 aliphatic heterocycles. The fourth-order valence-corrected chi connectivity index (χ4v) is 4.66. The molecular weight excluding hydrogens is 404 g/mol. The second-order valence-corrected chi connectivity index (χ2v) is 9.60. The molecule has 2 atom stereocenters. The van der Waals surface area contributed by atoms with Gasteiger partial charge in [-0.25, -0.2) is 0 Å². The Morgan fingerprint density at radius 2 is 1.41 bits per heavy atom. The summed E-state index contributed by atoms with van der Waals surface area (Å²) < 4.78 is 5.96. The molecule has 0 amide bonds. The van der Waals surface area contributed by atoms with Gasteiger partial charge in [0.15, 0.2) is 0 Å². The molecule has 0 N–H and O–H groups in total. The molecule has 0 spiro atoms. The van der Waals surface area contributed by atoms with E-state index in [0.29, 0.717) is 18.4 Å². The summed E-state index contributed by atoms with van der Waals surface area (Å²) in [5.41, 5.74) is 2.65. The standard InChI is InChI=1S/C19H20Br2O/c20-19(21)17(12-11-15-7-3-1-4-8-15)18(19)14-22-13-16-9-5-2-6-10-16/h1-10,17-18H,11-14H2/t17-,18-/m0/s1. The normalized spacial score (nSPS) is 22.5. The van der Waals surface area contributed by atoms with Crippen LogP contribution in [0.3, 0.4) is 0 Å². The van der Waals surface area contributed by atoms with E-state index in [9.17, 15) is 0 Å². The Morgan fingerprint density at radius 1 is 0.818 bits per heavy atom. The molecule has 2 aromatic rings. The van der Waals surface area contributed by atoms with Crippen molar-refractivity contribution in [1.29, 1.82) is 0 Å². The van der Waals surface area contributed by atoms with E-state index in [1.54, 1.807) is 0 Å². The molecule has 2 aromatic carbocycles. The molecule has 0 radical (unpaired) electrons. The molecule has 3 rings (SSSR count). The zero-order valence-electron chi connectivity index (χ0n) is 12.4. The van der Waals surface area contributed by atoms with E-state index in [1.165, 1.54) is 17.5 Å². The lowest BCUT2D eigenvalue weighted by molar-refractivity contribution is 0.107. The maximum absolute atomic E-state index is 5.90. The predicted molar refractivity (Wildman–Crippen MR) is 98.4 cm³/mol. The van der Waals surface area contributed by atoms with Crippen molar-refractivity contribution in [3.63, 3.8) is 0 Å². The molecule has 1 aliphatic carbocycles. The van der Waals surface area contributed by atoms with Crippen molar-refractivity contribution < 1.29 is 4.74 Å². The van der Waals surface area contributed by atoms with Crippen molar-refractivity contribution >= 4 is 31.9 Å². The molecule has 0 saturated heterocycles. The highest BCUT2D eigenvalue weighted by Crippen LogP contribution is 2.63. The molecule has 1 saturated carbocycles. The van der Waals surface area contributed by atoms with Crippen LogP contribution in [0.25, 0.3) is 0 Å². The quantitative estimate of drug-likeness (QED) is 0.529. The number of halogens is 2. The molecule has 1 nitrogen and oxygen atoms in total. The minimum Gasteiger partial charge on any atom is -0.376 e. The average Bonchev–Trinajstić information content (AvgIpc) is 3.07. The second kappa shape index (κ2) is 7.29. The van der Waals surface area contributed by atoms with E-state index in [-0.39, 0.29) is 3.23 Å². The maximum Gasteiger partial charge on any atom is 0.0891 e. The predicted octanol–water partition coefficient (Wildman–Crippen LogP) is 5.57. The van der Waals surface area contributed by atoms with E-state index in [4.69, 9.17) is 4.74 Å². The van der Waals surface area contributed by atoms with Gasteiger partial charge >= 0.3 is 0 Å². The lowest BCUT2D eigenvalue weighted by Crippen LogP contribution is -2.01. The van der Waals surface area contributed by atoms with Crippen LogP contribution in [0.1, 0.15) is 17.5 Å². The molecular formula is C19H20Br2O. The van der Waals surface area contributed by atoms with Gasteiger partial charge in [-0.2, -0.15) is 0 Å². The lowest BCUT2D eigenvalue weighted by Gasteiger charge is -2.04. The fraction of sp³-hybridized carbons (Fsp3) is 0.368. The van der Waals surface area contributed by atoms with Gasteiger partial charge in [-0.15, -0.1) is 0 Å². The van der Waals surface area contributed by atoms with Crippen LogP contribution < -0.4 is 0 Å². The zero-order chi connectivity index (χ0) is 15.4. The summed E-state index contributed by atoms with van der Waals surface area (Å²) in [5, 5.41) is 0. The minimum absolute atomic E-state index is 0.0610. The first kappa shape index (κ1) is 16.2. The minimum atomic E-state index is 0.0610. The molecule has 1 aliphatic rings. The van der Waals surface area contributed by atoms with Crippen LogP contribution in [0.4, 0.5) is 0 Å². The summed E-state index contributed by atoms with van der Waals surface area (Å²) in [5.74, 6) is 1.17. The van der Waals surface area contributed by atoms with Gasteiger partial charge in [-0.05, 0) is 29.9 Å². The van der Waals surface area contributed by atoms with Crippen molar-refractivity contribution in [3.05, 3.63) is 71.8 Å². The molecule has 116 valence electrons. The van der Waals surface area contributed by atoms with Gasteiger partial charge in [0, 0.05) is 5.92 Å². The zero-order valence-corrected chi connectivity index (χ0v) is 15.6. The lowest BCUT2D eigenvalue weighted by atomic mass is 10.1. The summed E-state index contributed by atoms with van der Waals surface area (Å²) in [6, 6.07) is 21.0. The van der Waals surface area contributed by atoms with Gasteiger partial charge < -0.3 is 4.74 Å². The van der Waals surface area contributed by atoms with Crippen molar-refractivity contribution in [1.82, 2.24) is 0 Å². The van der Waals surface area contributed by atoms with E-state index >= 15 is 0 Å². The largest absolute Gasteiger partial charge is 0.376 e. The average molecular weight is 424 g/mol. The first-order chi connectivity index (χ1) is 10.7. The Kier molecular flexibility index (Phi) is 5.37. The highest BCUT2D eigenvalue weighted by atomic mass is 79.9. The number of hydrogen-bond acceptors (Lipinski definition) is 1. The highest BCUT2D eigenvalue weighted by Gasteiger charge is 2.60. The van der Waals surface area contributed by atoms with Gasteiger partial charge in [-0.3, -0.25) is 0 Å². The van der Waals surface area contributed by atoms with Gasteiger partial charge in [-0.1, -0.05) is 92.5 Å². The molecule has 0 aromatic heterocycles. The summed E-state index contributed by atoms with van der Waals surface area (Å²) >= 11 is 7.63. The topological polar surface area (TPSA) is 9.23 Å². The fourth-order valence-electron chi connectivity index (χ4n) is 2.93. The Balaban J connectivity index is 1.44. The summed E-state index contributed by atoms with van der Waals surface area (Å²) in [4.78, 5) is 0. The third-order valence-electron chi connectivity index (χ3n) is 4.36. The number of benzene rings is 2. The van der Waals surface area contributed by atoms with E-state index in [0.717, 1.165) is 13.0 Å². The van der Waals surface area contributed by atoms with Crippen LogP contribution in [0.5, 0.6) is 0 Å². The van der Waals surface area contributed by atoms with Crippen LogP contribution in [0.2, 0.25) is 0 Å². The summed E-state index contributed by atoms with van der Waals surface area (Å²) in [6.45, 7) is 1.49. The van der Waals surface area contributed by atoms with Crippen molar-refractivity contribution in [2.75, 3.05) is 6.61 Å². The SMILES string of the molecule is BrC1(Br)[C@@H](CCc2ccccc2)[C@@H]1COCc1ccccc1. The maximum atomic E-state index is 5.90. The summed E-state index contributed by atoms with van der Waals surface area (Å²) in [6.07, 6.45) is 2.31. The van der Waals surface area contributed by atoms with Crippen LogP contribution in [0, 0.1) is 11.8 Å². The first-order valence-electron chi connectivity index (χ1n) is 7.71. The second-order valence-electron chi connectivity index (χ2n) is 5.91. The number of rotatable bonds is 7. The van der Waals surface area contributed by atoms with Crippen LogP contribution in [0.15, 0.2) is 60.7 Å². The Hall–Kier alpha value is -0.640. The molecule has 3 heteroatoms. The Bertz CT molecular complexity index is 583. The third kappa shape index (κ3) is 4.01. The number of alkyl halides is 2. The molecule has 1 fully saturated rings. The van der Waals surface area contributed by atoms with Crippen LogP contribution in [-0.4, -0.2) is 9.84 Å². The Labute approximate surface area is 149 Å². The monoisotopic (exact) mass is 422 g/mol. The van der Waals surface area contributed by atoms with Gasteiger partial charge in [0.05, 0.1) is 16.4 Å². The molecule has 0 heterocycles. The van der Waals surface area contributed by atoms with Crippen LogP contribution in [-0.2, 0) is 17.8 Å². The van der Waals surface area contributed by atoms with E-state index in [2.05, 4.69) is 86.5 Å². The molecule has 0 bridgehead atoms. The van der Waals surface area contributed by atoms with E-state index in [1.807, 2.05) is 6.07 Å². The third-order valence-corrected chi connectivity index (χ3v) is 6.71. The van der Waals surface area contributed by atoms with Crippen LogP contribution >= 0.6 is 31.9 Å².